The van der Waals surface area contributed by atoms with Crippen molar-refractivity contribution < 1.29 is 22.8 Å². The second-order valence-electron chi connectivity index (χ2n) is 10.8. The van der Waals surface area contributed by atoms with Gasteiger partial charge in [0.1, 0.15) is 17.5 Å². The van der Waals surface area contributed by atoms with Crippen LogP contribution in [0.3, 0.4) is 0 Å². The second kappa shape index (κ2) is 11.0. The number of carbonyl (C=O) groups is 3. The smallest absolute Gasteiger partial charge is 0.269 e. The highest BCUT2D eigenvalue weighted by molar-refractivity contribution is 7.90. The van der Waals surface area contributed by atoms with Gasteiger partial charge in [0.2, 0.25) is 11.8 Å². The molecule has 3 amide bonds. The fourth-order valence-electron chi connectivity index (χ4n) is 4.62. The van der Waals surface area contributed by atoms with Gasteiger partial charge in [-0.25, -0.2) is 12.7 Å². The van der Waals surface area contributed by atoms with Crippen LogP contribution in [0.5, 0.6) is 0 Å². The van der Waals surface area contributed by atoms with Crippen LogP contribution < -0.4 is 5.32 Å². The summed E-state index contributed by atoms with van der Waals surface area (Å²) in [6.07, 6.45) is 0.210. The Morgan fingerprint density at radius 2 is 1.56 bits per heavy atom. The third kappa shape index (κ3) is 6.37. The van der Waals surface area contributed by atoms with Crippen LogP contribution in [0.15, 0.2) is 83.8 Å². The van der Waals surface area contributed by atoms with Crippen molar-refractivity contribution in [3.05, 3.63) is 101 Å². The Morgan fingerprint density at radius 3 is 2.21 bits per heavy atom. The molecule has 0 saturated carbocycles. The Balaban J connectivity index is 1.73. The van der Waals surface area contributed by atoms with Crippen molar-refractivity contribution in [2.24, 2.45) is 0 Å². The zero-order chi connectivity index (χ0) is 28.4. The molecule has 1 aliphatic rings. The molecule has 1 heterocycles. The van der Waals surface area contributed by atoms with Crippen LogP contribution in [0, 0.1) is 6.92 Å². The maximum atomic E-state index is 14.0. The van der Waals surface area contributed by atoms with E-state index >= 15 is 0 Å². The molecular weight excluding hydrogens is 514 g/mol. The molecule has 0 aromatic heterocycles. The van der Waals surface area contributed by atoms with Crippen LogP contribution in [0.1, 0.15) is 47.8 Å². The van der Waals surface area contributed by atoms with Gasteiger partial charge < -0.3 is 10.2 Å². The van der Waals surface area contributed by atoms with Crippen LogP contribution in [0.25, 0.3) is 0 Å². The van der Waals surface area contributed by atoms with Crippen LogP contribution in [-0.4, -0.2) is 53.5 Å². The number of benzene rings is 3. The van der Waals surface area contributed by atoms with E-state index in [4.69, 9.17) is 0 Å². The first-order valence-electron chi connectivity index (χ1n) is 12.7. The largest absolute Gasteiger partial charge is 0.350 e. The fourth-order valence-corrected chi connectivity index (χ4v) is 6.13. The molecule has 0 spiro atoms. The number of hydrogen-bond donors (Lipinski definition) is 1. The Kier molecular flexibility index (Phi) is 7.92. The summed E-state index contributed by atoms with van der Waals surface area (Å²) in [6, 6.07) is 21.8. The van der Waals surface area contributed by atoms with Gasteiger partial charge in [0, 0.05) is 18.5 Å². The van der Waals surface area contributed by atoms with Crippen molar-refractivity contribution in [3.63, 3.8) is 0 Å². The van der Waals surface area contributed by atoms with Crippen LogP contribution in [0.2, 0.25) is 0 Å². The monoisotopic (exact) mass is 547 g/mol. The first kappa shape index (κ1) is 28.0. The predicted octanol–water partition coefficient (Wildman–Crippen LogP) is 3.69. The van der Waals surface area contributed by atoms with E-state index in [2.05, 4.69) is 5.32 Å². The van der Waals surface area contributed by atoms with Gasteiger partial charge in [-0.2, -0.15) is 0 Å². The fraction of sp³-hybridized carbons (Fsp3) is 0.300. The van der Waals surface area contributed by atoms with E-state index < -0.39 is 40.0 Å². The van der Waals surface area contributed by atoms with E-state index in [0.29, 0.717) is 4.31 Å². The third-order valence-corrected chi connectivity index (χ3v) is 8.18. The minimum Gasteiger partial charge on any atom is -0.350 e. The number of aryl methyl sites for hydroxylation is 1. The molecule has 4 rings (SSSR count). The number of carbonyl (C=O) groups excluding carboxylic acids is 3. The molecule has 0 saturated heterocycles. The third-order valence-electron chi connectivity index (χ3n) is 6.40. The first-order chi connectivity index (χ1) is 18.4. The molecule has 0 aliphatic carbocycles. The van der Waals surface area contributed by atoms with Gasteiger partial charge in [-0.05, 0) is 51.0 Å². The molecule has 3 aromatic carbocycles. The SMILES string of the molecule is Cc1cccc(CN(C(=O)CN2C(=O)c3ccccc3S2(=O)=O)[C@@H](Cc2ccccc2)C(=O)NC(C)(C)C)c1. The normalized spacial score (nSPS) is 15.0. The Hall–Kier alpha value is -3.98. The summed E-state index contributed by atoms with van der Waals surface area (Å²) in [5.41, 5.74) is 2.06. The maximum Gasteiger partial charge on any atom is 0.269 e. The molecule has 39 heavy (non-hydrogen) atoms. The molecule has 0 radical (unpaired) electrons. The Labute approximate surface area is 229 Å². The highest BCUT2D eigenvalue weighted by atomic mass is 32.2. The summed E-state index contributed by atoms with van der Waals surface area (Å²) in [4.78, 5) is 41.9. The Morgan fingerprint density at radius 1 is 0.923 bits per heavy atom. The van der Waals surface area contributed by atoms with Gasteiger partial charge in [0.05, 0.1) is 5.56 Å². The van der Waals surface area contributed by atoms with Crippen LogP contribution in [0.4, 0.5) is 0 Å². The predicted molar refractivity (Wildman–Crippen MR) is 148 cm³/mol. The molecule has 8 nitrogen and oxygen atoms in total. The first-order valence-corrected chi connectivity index (χ1v) is 14.2. The number of hydrogen-bond acceptors (Lipinski definition) is 5. The van der Waals surface area contributed by atoms with E-state index in [1.54, 1.807) is 6.07 Å². The lowest BCUT2D eigenvalue weighted by Gasteiger charge is -2.34. The molecule has 0 bridgehead atoms. The van der Waals surface area contributed by atoms with Gasteiger partial charge >= 0.3 is 0 Å². The molecule has 3 aromatic rings. The van der Waals surface area contributed by atoms with E-state index in [0.717, 1.165) is 16.7 Å². The van der Waals surface area contributed by atoms with Gasteiger partial charge in [-0.15, -0.1) is 0 Å². The molecule has 1 aliphatic heterocycles. The highest BCUT2D eigenvalue weighted by Gasteiger charge is 2.43. The number of sulfonamides is 1. The highest BCUT2D eigenvalue weighted by Crippen LogP contribution is 2.30. The van der Waals surface area contributed by atoms with Crippen molar-refractivity contribution in [2.45, 2.75) is 57.1 Å². The van der Waals surface area contributed by atoms with Crippen LogP contribution in [-0.2, 0) is 32.6 Å². The molecule has 0 unspecified atom stereocenters. The lowest BCUT2D eigenvalue weighted by Crippen LogP contribution is -2.56. The standard InChI is InChI=1S/C30H33N3O5S/c1-21-11-10-14-23(17-21)19-32(25(28(35)31-30(2,3)4)18-22-12-6-5-7-13-22)27(34)20-33-29(36)24-15-8-9-16-26(24)39(33,37)38/h5-17,25H,18-20H2,1-4H3,(H,31,35)/t25-/m0/s1. The van der Waals surface area contributed by atoms with Crippen molar-refractivity contribution in [1.82, 2.24) is 14.5 Å². The van der Waals surface area contributed by atoms with Crippen molar-refractivity contribution in [1.29, 1.82) is 0 Å². The second-order valence-corrected chi connectivity index (χ2v) is 12.6. The van der Waals surface area contributed by atoms with Gasteiger partial charge in [0.15, 0.2) is 0 Å². The number of fused-ring (bicyclic) bond motifs is 1. The molecule has 9 heteroatoms. The lowest BCUT2D eigenvalue weighted by atomic mass is 10.0. The summed E-state index contributed by atoms with van der Waals surface area (Å²) < 4.78 is 27.0. The average Bonchev–Trinajstić information content (AvgIpc) is 3.06. The van der Waals surface area contributed by atoms with Crippen molar-refractivity contribution in [2.75, 3.05) is 6.54 Å². The quantitative estimate of drug-likeness (QED) is 0.463. The average molecular weight is 548 g/mol. The summed E-state index contributed by atoms with van der Waals surface area (Å²) in [6.45, 7) is 6.83. The number of rotatable bonds is 8. The summed E-state index contributed by atoms with van der Waals surface area (Å²) >= 11 is 0. The minimum atomic E-state index is -4.20. The van der Waals surface area contributed by atoms with E-state index in [1.165, 1.54) is 23.1 Å². The van der Waals surface area contributed by atoms with E-state index in [9.17, 15) is 22.8 Å². The zero-order valence-electron chi connectivity index (χ0n) is 22.5. The number of nitrogens with zero attached hydrogens (tertiary/aromatic N) is 2. The minimum absolute atomic E-state index is 0.0295. The van der Waals surface area contributed by atoms with Gasteiger partial charge in [0.25, 0.3) is 15.9 Å². The Bertz CT molecular complexity index is 1500. The van der Waals surface area contributed by atoms with E-state index in [1.807, 2.05) is 82.3 Å². The van der Waals surface area contributed by atoms with E-state index in [-0.39, 0.29) is 29.3 Å². The number of nitrogens with one attached hydrogen (secondary N) is 1. The zero-order valence-corrected chi connectivity index (χ0v) is 23.4. The molecule has 0 fully saturated rings. The number of amides is 3. The lowest BCUT2D eigenvalue weighted by molar-refractivity contribution is -0.141. The molecule has 204 valence electrons. The molecular formula is C30H33N3O5S. The molecule has 1 N–H and O–H groups in total. The van der Waals surface area contributed by atoms with Crippen molar-refractivity contribution >= 4 is 27.7 Å². The maximum absolute atomic E-state index is 14.0. The van der Waals surface area contributed by atoms with Gasteiger partial charge in [-0.3, -0.25) is 14.4 Å². The van der Waals surface area contributed by atoms with Gasteiger partial charge in [-0.1, -0.05) is 72.3 Å². The van der Waals surface area contributed by atoms with Crippen LogP contribution >= 0.6 is 0 Å². The van der Waals surface area contributed by atoms with Crippen molar-refractivity contribution in [3.8, 4) is 0 Å². The summed E-state index contributed by atoms with van der Waals surface area (Å²) in [5, 5.41) is 2.97. The summed E-state index contributed by atoms with van der Waals surface area (Å²) in [5.74, 6) is -1.77. The molecule has 1 atom stereocenters. The summed E-state index contributed by atoms with van der Waals surface area (Å²) in [7, 11) is -4.20. The topological polar surface area (TPSA) is 104 Å².